The number of hydrogen-bond donors (Lipinski definition) is 2. The van der Waals surface area contributed by atoms with Gasteiger partial charge in [0, 0.05) is 24.4 Å². The van der Waals surface area contributed by atoms with E-state index in [1.165, 1.54) is 32.1 Å². The lowest BCUT2D eigenvalue weighted by Gasteiger charge is -2.32. The highest BCUT2D eigenvalue weighted by atomic mass is 32.2. The molecule has 118 valence electrons. The first-order valence-electron chi connectivity index (χ1n) is 8.35. The maximum atomic E-state index is 12.4. The zero-order valence-corrected chi connectivity index (χ0v) is 13.7. The average molecular weight is 302 g/mol. The fraction of sp³-hybridized carbons (Fsp3) is 1.00. The maximum Gasteiger partial charge on any atom is 0.0950 e. The van der Waals surface area contributed by atoms with Gasteiger partial charge in [-0.3, -0.25) is 5.84 Å². The number of nitrogens with two attached hydrogens (primary N) is 1. The summed E-state index contributed by atoms with van der Waals surface area (Å²) >= 11 is 0. The summed E-state index contributed by atoms with van der Waals surface area (Å²) in [5.74, 6) is 6.72. The number of nitrogens with zero attached hydrogens (tertiary/aromatic N) is 1. The molecule has 1 saturated carbocycles. The molecule has 0 aromatic carbocycles. The molecule has 2 aliphatic rings. The third-order valence-corrected chi connectivity index (χ3v) is 6.44. The third-order valence-electron chi connectivity index (χ3n) is 4.80. The predicted octanol–water partition coefficient (Wildman–Crippen LogP) is 2.33. The summed E-state index contributed by atoms with van der Waals surface area (Å²) in [7, 11) is -0.872. The molecule has 1 aliphatic heterocycles. The number of unbranched alkanes of at least 4 members (excludes halogenated alkanes) is 1. The molecule has 2 fully saturated rings. The Morgan fingerprint density at radius 1 is 1.25 bits per heavy atom. The first kappa shape index (κ1) is 16.4. The van der Waals surface area contributed by atoms with Crippen molar-refractivity contribution in [1.29, 1.82) is 0 Å². The molecule has 4 nitrogen and oxygen atoms in total. The standard InChI is InChI=1S/C15H31N3OS/c1-2-3-5-13-7-9-15(10-8-13)20(19)17-14-6-4-11-18(16)12-14/h13-15,17H,2-12,16H2,1H3/t13?,14-,15?,20?/m1/s1. The number of piperidine rings is 1. The van der Waals surface area contributed by atoms with E-state index in [4.69, 9.17) is 5.84 Å². The van der Waals surface area contributed by atoms with Gasteiger partial charge in [-0.2, -0.15) is 0 Å². The van der Waals surface area contributed by atoms with E-state index < -0.39 is 11.0 Å². The second kappa shape index (κ2) is 8.47. The average Bonchev–Trinajstić information content (AvgIpc) is 2.45. The van der Waals surface area contributed by atoms with E-state index in [0.717, 1.165) is 44.7 Å². The van der Waals surface area contributed by atoms with Crippen LogP contribution in [0.1, 0.15) is 64.7 Å². The number of nitrogens with one attached hydrogen (secondary N) is 1. The predicted molar refractivity (Wildman–Crippen MR) is 85.3 cm³/mol. The fourth-order valence-electron chi connectivity index (χ4n) is 3.49. The van der Waals surface area contributed by atoms with Gasteiger partial charge in [0.15, 0.2) is 0 Å². The number of hydrazine groups is 1. The molecule has 0 aromatic rings. The van der Waals surface area contributed by atoms with Crippen molar-refractivity contribution in [3.63, 3.8) is 0 Å². The summed E-state index contributed by atoms with van der Waals surface area (Å²) in [6, 6.07) is 0.312. The number of hydrogen-bond acceptors (Lipinski definition) is 3. The molecular weight excluding hydrogens is 270 g/mol. The summed E-state index contributed by atoms with van der Waals surface area (Å²) in [5.41, 5.74) is 0. The van der Waals surface area contributed by atoms with E-state index in [1.54, 1.807) is 0 Å². The SMILES string of the molecule is CCCCC1CCC(S(=O)N[C@@H]2CCCN(N)C2)CC1. The van der Waals surface area contributed by atoms with Crippen molar-refractivity contribution in [1.82, 2.24) is 9.73 Å². The molecule has 0 amide bonds. The molecule has 2 rings (SSSR count). The largest absolute Gasteiger partial charge is 0.269 e. The Labute approximate surface area is 126 Å². The lowest BCUT2D eigenvalue weighted by Crippen LogP contribution is -2.50. The summed E-state index contributed by atoms with van der Waals surface area (Å²) in [5, 5.41) is 2.21. The van der Waals surface area contributed by atoms with Crippen LogP contribution >= 0.6 is 0 Å². The van der Waals surface area contributed by atoms with Gasteiger partial charge in [0.1, 0.15) is 0 Å². The second-order valence-corrected chi connectivity index (χ2v) is 8.03. The Bertz CT molecular complexity index is 305. The Kier molecular flexibility index (Phi) is 6.94. The molecule has 5 heteroatoms. The van der Waals surface area contributed by atoms with E-state index in [-0.39, 0.29) is 0 Å². The van der Waals surface area contributed by atoms with E-state index in [0.29, 0.717) is 11.3 Å². The van der Waals surface area contributed by atoms with Gasteiger partial charge < -0.3 is 0 Å². The van der Waals surface area contributed by atoms with Crippen molar-refractivity contribution in [3.05, 3.63) is 0 Å². The Morgan fingerprint density at radius 3 is 2.65 bits per heavy atom. The van der Waals surface area contributed by atoms with E-state index in [9.17, 15) is 4.21 Å². The summed E-state index contributed by atoms with van der Waals surface area (Å²) in [6.45, 7) is 4.06. The zero-order chi connectivity index (χ0) is 14.4. The first-order chi connectivity index (χ1) is 9.69. The van der Waals surface area contributed by atoms with Crippen LogP contribution in [-0.2, 0) is 11.0 Å². The monoisotopic (exact) mass is 301 g/mol. The van der Waals surface area contributed by atoms with E-state index >= 15 is 0 Å². The van der Waals surface area contributed by atoms with Crippen LogP contribution < -0.4 is 10.6 Å². The van der Waals surface area contributed by atoms with Gasteiger partial charge in [0.05, 0.1) is 11.0 Å². The topological polar surface area (TPSA) is 58.4 Å². The van der Waals surface area contributed by atoms with Crippen LogP contribution in [0.15, 0.2) is 0 Å². The summed E-state index contributed by atoms with van der Waals surface area (Å²) < 4.78 is 15.8. The van der Waals surface area contributed by atoms with Gasteiger partial charge in [-0.15, -0.1) is 0 Å². The maximum absolute atomic E-state index is 12.4. The van der Waals surface area contributed by atoms with Gasteiger partial charge in [-0.05, 0) is 44.4 Å². The van der Waals surface area contributed by atoms with Crippen molar-refractivity contribution in [2.45, 2.75) is 76.0 Å². The van der Waals surface area contributed by atoms with Crippen LogP contribution in [0, 0.1) is 5.92 Å². The van der Waals surface area contributed by atoms with Gasteiger partial charge in [0.25, 0.3) is 0 Å². The highest BCUT2D eigenvalue weighted by Gasteiger charge is 2.27. The minimum atomic E-state index is -0.872. The molecule has 0 aromatic heterocycles. The minimum absolute atomic E-state index is 0.312. The van der Waals surface area contributed by atoms with Gasteiger partial charge >= 0.3 is 0 Å². The molecule has 2 atom stereocenters. The molecule has 0 spiro atoms. The third kappa shape index (κ3) is 5.10. The Morgan fingerprint density at radius 2 is 2.00 bits per heavy atom. The molecule has 1 unspecified atom stereocenters. The van der Waals surface area contributed by atoms with Crippen molar-refractivity contribution < 1.29 is 4.21 Å². The number of rotatable bonds is 6. The highest BCUT2D eigenvalue weighted by molar-refractivity contribution is 7.83. The first-order valence-corrected chi connectivity index (χ1v) is 9.56. The van der Waals surface area contributed by atoms with Crippen molar-refractivity contribution >= 4 is 11.0 Å². The Hall–Kier alpha value is 0.0300. The van der Waals surface area contributed by atoms with Gasteiger partial charge in [-0.25, -0.2) is 13.9 Å². The lowest BCUT2D eigenvalue weighted by atomic mass is 9.85. The van der Waals surface area contributed by atoms with Crippen molar-refractivity contribution in [3.8, 4) is 0 Å². The van der Waals surface area contributed by atoms with Gasteiger partial charge in [0.2, 0.25) is 0 Å². The molecule has 1 aliphatic carbocycles. The second-order valence-electron chi connectivity index (χ2n) is 6.53. The van der Waals surface area contributed by atoms with Crippen molar-refractivity contribution in [2.24, 2.45) is 11.8 Å². The molecule has 0 bridgehead atoms. The minimum Gasteiger partial charge on any atom is -0.269 e. The molecule has 0 radical (unpaired) electrons. The lowest BCUT2D eigenvalue weighted by molar-refractivity contribution is 0.207. The summed E-state index contributed by atoms with van der Waals surface area (Å²) in [6.07, 6.45) is 11.0. The smallest absolute Gasteiger partial charge is 0.0950 e. The van der Waals surface area contributed by atoms with Crippen LogP contribution in [0.2, 0.25) is 0 Å². The van der Waals surface area contributed by atoms with E-state index in [2.05, 4.69) is 11.6 Å². The van der Waals surface area contributed by atoms with Crippen LogP contribution in [0.5, 0.6) is 0 Å². The normalized spacial score (nSPS) is 34.0. The van der Waals surface area contributed by atoms with Crippen LogP contribution in [0.25, 0.3) is 0 Å². The molecule has 1 saturated heterocycles. The van der Waals surface area contributed by atoms with Crippen LogP contribution in [0.3, 0.4) is 0 Å². The molecule has 20 heavy (non-hydrogen) atoms. The molecular formula is C15H31N3OS. The summed E-state index contributed by atoms with van der Waals surface area (Å²) in [4.78, 5) is 0. The highest BCUT2D eigenvalue weighted by Crippen LogP contribution is 2.30. The molecule has 1 heterocycles. The zero-order valence-electron chi connectivity index (χ0n) is 12.9. The van der Waals surface area contributed by atoms with Crippen LogP contribution in [-0.4, -0.2) is 33.6 Å². The van der Waals surface area contributed by atoms with Gasteiger partial charge in [-0.1, -0.05) is 26.2 Å². The van der Waals surface area contributed by atoms with Crippen molar-refractivity contribution in [2.75, 3.05) is 13.1 Å². The Balaban J connectivity index is 1.69. The molecule has 3 N–H and O–H groups in total. The quantitative estimate of drug-likeness (QED) is 0.740. The van der Waals surface area contributed by atoms with E-state index in [1.807, 2.05) is 5.01 Å². The van der Waals surface area contributed by atoms with Crippen LogP contribution in [0.4, 0.5) is 0 Å². The fourth-order valence-corrected chi connectivity index (χ4v) is 4.90.